The number of esters is 1. The predicted octanol–water partition coefficient (Wildman–Crippen LogP) is -0.777. The third-order valence-electron chi connectivity index (χ3n) is 1.96. The highest BCUT2D eigenvalue weighted by atomic mass is 16.6. The molecule has 0 saturated heterocycles. The van der Waals surface area contributed by atoms with Gasteiger partial charge in [-0.25, -0.2) is 4.79 Å². The maximum Gasteiger partial charge on any atom is 0.376 e. The maximum absolute atomic E-state index is 11.4. The van der Waals surface area contributed by atoms with Gasteiger partial charge < -0.3 is 24.7 Å². The number of H-pyrrole nitrogens is 1. The number of rotatable bonds is 10. The zero-order chi connectivity index (χ0) is 13.9. The summed E-state index contributed by atoms with van der Waals surface area (Å²) in [6, 6.07) is 0. The standard InChI is InChI=1S/C10H18N4O5/c1-16-2-3-17-4-5-18-6-7-19-9(15)8-12-10(11)14-13-8/h2-7H2,1H3,(H3,11,12,13,14). The molecule has 0 saturated carbocycles. The molecule has 0 fully saturated rings. The number of nitrogens with two attached hydrogens (primary N) is 1. The summed E-state index contributed by atoms with van der Waals surface area (Å²) in [5.41, 5.74) is 5.25. The van der Waals surface area contributed by atoms with Gasteiger partial charge in [0.25, 0.3) is 0 Å². The molecule has 1 heterocycles. The molecule has 0 radical (unpaired) electrons. The summed E-state index contributed by atoms with van der Waals surface area (Å²) >= 11 is 0. The molecule has 0 aliphatic carbocycles. The van der Waals surface area contributed by atoms with E-state index in [0.717, 1.165) is 0 Å². The average Bonchev–Trinajstić information content (AvgIpc) is 2.83. The van der Waals surface area contributed by atoms with Crippen LogP contribution in [0.15, 0.2) is 0 Å². The molecule has 0 unspecified atom stereocenters. The van der Waals surface area contributed by atoms with Crippen molar-refractivity contribution in [2.24, 2.45) is 0 Å². The fourth-order valence-electron chi connectivity index (χ4n) is 1.09. The van der Waals surface area contributed by atoms with Gasteiger partial charge in [-0.2, -0.15) is 4.98 Å². The molecule has 0 aliphatic rings. The molecule has 0 atom stereocenters. The van der Waals surface area contributed by atoms with Crippen LogP contribution in [0.5, 0.6) is 0 Å². The predicted molar refractivity (Wildman–Crippen MR) is 64.6 cm³/mol. The molecule has 3 N–H and O–H groups in total. The van der Waals surface area contributed by atoms with Gasteiger partial charge in [-0.3, -0.25) is 5.10 Å². The highest BCUT2D eigenvalue weighted by Gasteiger charge is 2.11. The lowest BCUT2D eigenvalue weighted by Crippen LogP contribution is -2.14. The third-order valence-corrected chi connectivity index (χ3v) is 1.96. The van der Waals surface area contributed by atoms with Gasteiger partial charge >= 0.3 is 5.97 Å². The second-order valence-corrected chi connectivity index (χ2v) is 3.40. The molecule has 1 rings (SSSR count). The molecule has 0 aliphatic heterocycles. The number of nitrogens with zero attached hydrogens (tertiary/aromatic N) is 2. The highest BCUT2D eigenvalue weighted by molar-refractivity contribution is 5.85. The van der Waals surface area contributed by atoms with E-state index in [2.05, 4.69) is 15.2 Å². The minimum Gasteiger partial charge on any atom is -0.457 e. The molecule has 1 aromatic heterocycles. The molecule has 0 aromatic carbocycles. The van der Waals surface area contributed by atoms with Crippen molar-refractivity contribution in [2.45, 2.75) is 0 Å². The van der Waals surface area contributed by atoms with Crippen LogP contribution in [0.25, 0.3) is 0 Å². The van der Waals surface area contributed by atoms with E-state index in [1.807, 2.05) is 0 Å². The van der Waals surface area contributed by atoms with Crippen LogP contribution in [-0.2, 0) is 18.9 Å². The molecular formula is C10H18N4O5. The first kappa shape index (κ1) is 15.3. The Morgan fingerprint density at radius 2 is 1.79 bits per heavy atom. The van der Waals surface area contributed by atoms with Crippen LogP contribution in [0.1, 0.15) is 10.6 Å². The SMILES string of the molecule is COCCOCCOCCOC(=O)c1nc(N)n[nH]1. The van der Waals surface area contributed by atoms with Gasteiger partial charge in [-0.15, -0.1) is 5.10 Å². The molecule has 0 bridgehead atoms. The van der Waals surface area contributed by atoms with E-state index in [9.17, 15) is 4.79 Å². The number of nitrogens with one attached hydrogen (secondary N) is 1. The van der Waals surface area contributed by atoms with Crippen molar-refractivity contribution in [2.75, 3.05) is 52.5 Å². The van der Waals surface area contributed by atoms with Gasteiger partial charge in [-0.1, -0.05) is 0 Å². The maximum atomic E-state index is 11.4. The number of hydrogen-bond acceptors (Lipinski definition) is 8. The number of carbonyl (C=O) groups is 1. The van der Waals surface area contributed by atoms with Crippen molar-refractivity contribution in [1.29, 1.82) is 0 Å². The van der Waals surface area contributed by atoms with E-state index in [-0.39, 0.29) is 25.0 Å². The van der Waals surface area contributed by atoms with Crippen molar-refractivity contribution in [1.82, 2.24) is 15.2 Å². The first-order valence-corrected chi connectivity index (χ1v) is 5.73. The molecule has 108 valence electrons. The third kappa shape index (κ3) is 6.70. The van der Waals surface area contributed by atoms with Crippen LogP contribution in [0.2, 0.25) is 0 Å². The lowest BCUT2D eigenvalue weighted by molar-refractivity contribution is 0.00527. The fourth-order valence-corrected chi connectivity index (χ4v) is 1.09. The number of anilines is 1. The Bertz CT molecular complexity index is 371. The molecule has 1 aromatic rings. The van der Waals surface area contributed by atoms with Crippen LogP contribution in [0.4, 0.5) is 5.95 Å². The second-order valence-electron chi connectivity index (χ2n) is 3.40. The highest BCUT2D eigenvalue weighted by Crippen LogP contribution is 1.95. The summed E-state index contributed by atoms with van der Waals surface area (Å²) < 4.78 is 20.1. The summed E-state index contributed by atoms with van der Waals surface area (Å²) in [7, 11) is 1.61. The summed E-state index contributed by atoms with van der Waals surface area (Å²) in [6.07, 6.45) is 0. The Balaban J connectivity index is 1.95. The zero-order valence-corrected chi connectivity index (χ0v) is 10.8. The van der Waals surface area contributed by atoms with Crippen LogP contribution >= 0.6 is 0 Å². The Labute approximate surface area is 110 Å². The molecular weight excluding hydrogens is 256 g/mol. The normalized spacial score (nSPS) is 10.6. The van der Waals surface area contributed by atoms with Crippen molar-refractivity contribution in [3.8, 4) is 0 Å². The van der Waals surface area contributed by atoms with Crippen LogP contribution in [0.3, 0.4) is 0 Å². The number of carbonyl (C=O) groups excluding carboxylic acids is 1. The van der Waals surface area contributed by atoms with Crippen LogP contribution in [0, 0.1) is 0 Å². The first-order valence-electron chi connectivity index (χ1n) is 5.73. The van der Waals surface area contributed by atoms with E-state index in [4.69, 9.17) is 24.7 Å². The zero-order valence-electron chi connectivity index (χ0n) is 10.8. The van der Waals surface area contributed by atoms with Gasteiger partial charge in [0.1, 0.15) is 6.61 Å². The van der Waals surface area contributed by atoms with Crippen LogP contribution < -0.4 is 5.73 Å². The first-order chi connectivity index (χ1) is 9.24. The van der Waals surface area contributed by atoms with Gasteiger partial charge in [0.15, 0.2) is 0 Å². The lowest BCUT2D eigenvalue weighted by Gasteiger charge is -2.05. The quantitative estimate of drug-likeness (QED) is 0.421. The van der Waals surface area contributed by atoms with E-state index in [1.54, 1.807) is 7.11 Å². The minimum atomic E-state index is -0.621. The Kier molecular flexibility index (Phi) is 7.47. The topological polar surface area (TPSA) is 122 Å². The second kappa shape index (κ2) is 9.25. The largest absolute Gasteiger partial charge is 0.457 e. The Hall–Kier alpha value is -1.71. The molecule has 9 nitrogen and oxygen atoms in total. The number of methoxy groups -OCH3 is 1. The summed E-state index contributed by atoms with van der Waals surface area (Å²) in [4.78, 5) is 15.0. The summed E-state index contributed by atoms with van der Waals surface area (Å²) in [5, 5.41) is 5.87. The molecule has 19 heavy (non-hydrogen) atoms. The minimum absolute atomic E-state index is 0.00333. The number of aromatic nitrogens is 3. The smallest absolute Gasteiger partial charge is 0.376 e. The van der Waals surface area contributed by atoms with Gasteiger partial charge in [0, 0.05) is 7.11 Å². The van der Waals surface area contributed by atoms with E-state index >= 15 is 0 Å². The molecule has 9 heteroatoms. The molecule has 0 amide bonds. The van der Waals surface area contributed by atoms with Gasteiger partial charge in [-0.05, 0) is 0 Å². The van der Waals surface area contributed by atoms with Crippen molar-refractivity contribution in [3.05, 3.63) is 5.82 Å². The number of hydrogen-bond donors (Lipinski definition) is 2. The Morgan fingerprint density at radius 1 is 1.16 bits per heavy atom. The van der Waals surface area contributed by atoms with Crippen molar-refractivity contribution < 1.29 is 23.7 Å². The van der Waals surface area contributed by atoms with Crippen molar-refractivity contribution in [3.63, 3.8) is 0 Å². The number of nitrogen functional groups attached to an aromatic ring is 1. The lowest BCUT2D eigenvalue weighted by atomic mass is 10.6. The summed E-state index contributed by atoms with van der Waals surface area (Å²) in [5.74, 6) is -0.652. The Morgan fingerprint density at radius 3 is 2.37 bits per heavy atom. The number of aromatic amines is 1. The monoisotopic (exact) mass is 274 g/mol. The number of ether oxygens (including phenoxy) is 4. The van der Waals surface area contributed by atoms with Gasteiger partial charge in [0.2, 0.25) is 11.8 Å². The van der Waals surface area contributed by atoms with Gasteiger partial charge in [0.05, 0.1) is 33.0 Å². The average molecular weight is 274 g/mol. The summed E-state index contributed by atoms with van der Waals surface area (Å²) in [6.45, 7) is 2.38. The van der Waals surface area contributed by atoms with E-state index in [1.165, 1.54) is 0 Å². The molecule has 0 spiro atoms. The van der Waals surface area contributed by atoms with E-state index < -0.39 is 5.97 Å². The van der Waals surface area contributed by atoms with E-state index in [0.29, 0.717) is 26.4 Å². The fraction of sp³-hybridized carbons (Fsp3) is 0.700. The van der Waals surface area contributed by atoms with Crippen LogP contribution in [-0.4, -0.2) is 67.9 Å². The van der Waals surface area contributed by atoms with Crippen molar-refractivity contribution >= 4 is 11.9 Å².